The lowest BCUT2D eigenvalue weighted by Gasteiger charge is -2.22. The first-order valence-corrected chi connectivity index (χ1v) is 11.4. The van der Waals surface area contributed by atoms with Crippen LogP contribution in [0.25, 0.3) is 0 Å². The second-order valence-electron chi connectivity index (χ2n) is 5.78. The van der Waals surface area contributed by atoms with E-state index in [-0.39, 0.29) is 6.15 Å². The summed E-state index contributed by atoms with van der Waals surface area (Å²) in [4.78, 5) is 18.2. The van der Waals surface area contributed by atoms with Crippen LogP contribution in [0.1, 0.15) is 59.3 Å². The number of carbonyl (C=O) groups is 2. The zero-order chi connectivity index (χ0) is 19.4. The molecule has 25 heavy (non-hydrogen) atoms. The molecule has 0 aromatic rings. The van der Waals surface area contributed by atoms with E-state index in [1.807, 2.05) is 0 Å². The summed E-state index contributed by atoms with van der Waals surface area (Å²) in [5.74, 6) is 0. The van der Waals surface area contributed by atoms with E-state index in [9.17, 15) is 0 Å². The van der Waals surface area contributed by atoms with Crippen molar-refractivity contribution in [3.05, 3.63) is 0 Å². The van der Waals surface area contributed by atoms with Gasteiger partial charge >= 0.3 is 6.16 Å². The second-order valence-corrected chi connectivity index (χ2v) is 10.4. The fourth-order valence-electron chi connectivity index (χ4n) is 1.95. The quantitative estimate of drug-likeness (QED) is 0.442. The van der Waals surface area contributed by atoms with Crippen LogP contribution in [0, 0.1) is 0 Å². The van der Waals surface area contributed by atoms with Gasteiger partial charge in [-0.1, -0.05) is 40.0 Å². The Morgan fingerprint density at radius 3 is 1.24 bits per heavy atom. The van der Waals surface area contributed by atoms with Gasteiger partial charge in [-0.3, -0.25) is 0 Å². The van der Waals surface area contributed by atoms with E-state index in [0.29, 0.717) is 0 Å². The number of rotatable bonds is 9. The Labute approximate surface area is 154 Å². The third-order valence-corrected chi connectivity index (χ3v) is 7.68. The monoisotopic (exact) mass is 385 g/mol. The fourth-order valence-corrected chi connectivity index (χ4v) is 5.86. The Morgan fingerprint density at radius 2 is 1.12 bits per heavy atom. The molecule has 0 aromatic heterocycles. The lowest BCUT2D eigenvalue weighted by molar-refractivity contribution is -0.279. The molecule has 0 heterocycles. The standard InChI is InChI=1S/C13H30P.2C2H4O3.H3N/c1-5-8-11-14(4,12-9-6-2)13-10-7-3;2*1-5-2(3)4;/h5-13H2,1-4H3;2*1H3,(H,3,4);1H3/q+1;;;/p-1. The smallest absolute Gasteiger partial charge is 0.505 e. The SMILES string of the molecule is CCCC[P+](C)(CCCC)CCCC.COC(=O)O.COC(=O)[O-].N. The van der Waals surface area contributed by atoms with Crippen molar-refractivity contribution in [2.45, 2.75) is 59.3 Å². The minimum absolute atomic E-state index is 0. The van der Waals surface area contributed by atoms with Crippen molar-refractivity contribution < 1.29 is 29.3 Å². The van der Waals surface area contributed by atoms with Crippen molar-refractivity contribution in [2.24, 2.45) is 0 Å². The van der Waals surface area contributed by atoms with Gasteiger partial charge in [0.2, 0.25) is 0 Å². The largest absolute Gasteiger partial charge is 0.553 e. The molecule has 0 unspecified atom stereocenters. The highest BCUT2D eigenvalue weighted by molar-refractivity contribution is 7.75. The summed E-state index contributed by atoms with van der Waals surface area (Å²) in [6.07, 6.45) is 10.5. The van der Waals surface area contributed by atoms with E-state index in [0.717, 1.165) is 14.2 Å². The van der Waals surface area contributed by atoms with E-state index in [4.69, 9.17) is 19.8 Å². The molecule has 0 radical (unpaired) electrons. The highest BCUT2D eigenvalue weighted by atomic mass is 31.2. The highest BCUT2D eigenvalue weighted by Crippen LogP contribution is 2.57. The van der Waals surface area contributed by atoms with E-state index in [1.165, 1.54) is 38.5 Å². The topological polar surface area (TPSA) is 131 Å². The van der Waals surface area contributed by atoms with E-state index in [2.05, 4.69) is 36.9 Å². The fraction of sp³-hybridized carbons (Fsp3) is 0.882. The molecule has 8 heteroatoms. The highest BCUT2D eigenvalue weighted by Gasteiger charge is 2.28. The minimum atomic E-state index is -1.50. The molecule has 0 rings (SSSR count). The molecular formula is C17H40NO6P. The zero-order valence-electron chi connectivity index (χ0n) is 17.0. The van der Waals surface area contributed by atoms with Crippen molar-refractivity contribution in [3.8, 4) is 0 Å². The molecular weight excluding hydrogens is 345 g/mol. The number of carboxylic acid groups (broad SMARTS) is 2. The van der Waals surface area contributed by atoms with Crippen LogP contribution in [0.4, 0.5) is 9.59 Å². The summed E-state index contributed by atoms with van der Waals surface area (Å²) in [5, 5.41) is 16.5. The molecule has 0 saturated carbocycles. The molecule has 0 aromatic carbocycles. The summed E-state index contributed by atoms with van der Waals surface area (Å²) >= 11 is 0. The van der Waals surface area contributed by atoms with Gasteiger partial charge in [-0.15, -0.1) is 0 Å². The van der Waals surface area contributed by atoms with E-state index in [1.54, 1.807) is 18.5 Å². The van der Waals surface area contributed by atoms with Crippen LogP contribution in [0.2, 0.25) is 0 Å². The molecule has 0 aliphatic heterocycles. The molecule has 0 aliphatic carbocycles. The lowest BCUT2D eigenvalue weighted by Crippen LogP contribution is -2.21. The van der Waals surface area contributed by atoms with E-state index >= 15 is 0 Å². The van der Waals surface area contributed by atoms with Gasteiger partial charge in [0, 0.05) is 21.0 Å². The molecule has 0 amide bonds. The molecule has 0 saturated heterocycles. The maximum Gasteiger partial charge on any atom is 0.505 e. The van der Waals surface area contributed by atoms with Crippen LogP contribution in [0.15, 0.2) is 0 Å². The Morgan fingerprint density at radius 1 is 0.880 bits per heavy atom. The third-order valence-electron chi connectivity index (χ3n) is 3.50. The average Bonchev–Trinajstić information content (AvgIpc) is 2.57. The van der Waals surface area contributed by atoms with Crippen molar-refractivity contribution in [1.29, 1.82) is 0 Å². The minimum Gasteiger partial charge on any atom is -0.553 e. The molecule has 0 bridgehead atoms. The van der Waals surface area contributed by atoms with Gasteiger partial charge in [0.25, 0.3) is 6.16 Å². The second kappa shape index (κ2) is 22.9. The van der Waals surface area contributed by atoms with Crippen molar-refractivity contribution >= 4 is 19.6 Å². The maximum absolute atomic E-state index is 9.15. The maximum atomic E-state index is 9.15. The summed E-state index contributed by atoms with van der Waals surface area (Å²) in [6.45, 7) is 9.59. The molecule has 0 atom stereocenters. The predicted octanol–water partition coefficient (Wildman–Crippen LogP) is 4.48. The number of hydrogen-bond acceptors (Lipinski definition) is 6. The number of carbonyl (C=O) groups excluding carboxylic acids is 1. The summed E-state index contributed by atoms with van der Waals surface area (Å²) in [7, 11) is 1.62. The first-order chi connectivity index (χ1) is 11.2. The Bertz CT molecular complexity index is 267. The summed E-state index contributed by atoms with van der Waals surface area (Å²) < 4.78 is 7.22. The van der Waals surface area contributed by atoms with E-state index < -0.39 is 19.6 Å². The normalized spacial score (nSPS) is 9.36. The average molecular weight is 385 g/mol. The zero-order valence-corrected chi connectivity index (χ0v) is 17.9. The van der Waals surface area contributed by atoms with Crippen LogP contribution in [0.3, 0.4) is 0 Å². The number of methoxy groups -OCH3 is 2. The molecule has 154 valence electrons. The Hall–Kier alpha value is -1.07. The first kappa shape index (κ1) is 31.7. The van der Waals surface area contributed by atoms with Crippen molar-refractivity contribution in [1.82, 2.24) is 6.15 Å². The van der Waals surface area contributed by atoms with Gasteiger partial charge in [0.05, 0.1) is 25.6 Å². The molecule has 0 fully saturated rings. The van der Waals surface area contributed by atoms with Gasteiger partial charge in [-0.2, -0.15) is 0 Å². The summed E-state index contributed by atoms with van der Waals surface area (Å²) in [5.41, 5.74) is 0. The van der Waals surface area contributed by atoms with Gasteiger partial charge in [0.15, 0.2) is 0 Å². The van der Waals surface area contributed by atoms with Crippen LogP contribution < -0.4 is 11.3 Å². The number of hydrogen-bond donors (Lipinski definition) is 2. The Balaban J connectivity index is -0.000000166. The first-order valence-electron chi connectivity index (χ1n) is 8.58. The van der Waals surface area contributed by atoms with Crippen LogP contribution in [-0.2, 0) is 9.47 Å². The van der Waals surface area contributed by atoms with Gasteiger partial charge < -0.3 is 30.6 Å². The number of unbranched alkanes of at least 4 members (excludes halogenated alkanes) is 3. The van der Waals surface area contributed by atoms with Gasteiger partial charge in [-0.05, 0) is 19.3 Å². The molecule has 0 aliphatic rings. The Kier molecular flexibility index (Phi) is 29.1. The summed E-state index contributed by atoms with van der Waals surface area (Å²) in [6, 6.07) is 0. The molecule has 7 nitrogen and oxygen atoms in total. The van der Waals surface area contributed by atoms with Crippen LogP contribution in [0.5, 0.6) is 0 Å². The van der Waals surface area contributed by atoms with Crippen LogP contribution >= 0.6 is 7.26 Å². The molecule has 4 N–H and O–H groups in total. The molecule has 0 spiro atoms. The van der Waals surface area contributed by atoms with Gasteiger partial charge in [0.1, 0.15) is 0 Å². The van der Waals surface area contributed by atoms with Crippen molar-refractivity contribution in [3.63, 3.8) is 0 Å². The number of ether oxygens (including phenoxy) is 2. The van der Waals surface area contributed by atoms with Crippen LogP contribution in [-0.4, -0.2) is 56.8 Å². The van der Waals surface area contributed by atoms with Crippen molar-refractivity contribution in [2.75, 3.05) is 39.4 Å². The predicted molar refractivity (Wildman–Crippen MR) is 105 cm³/mol. The lowest BCUT2D eigenvalue weighted by atomic mass is 10.4. The van der Waals surface area contributed by atoms with Gasteiger partial charge in [-0.25, -0.2) is 4.79 Å². The third kappa shape index (κ3) is 31.2.